The van der Waals surface area contributed by atoms with Crippen LogP contribution in [0.15, 0.2) is 28.9 Å². The van der Waals surface area contributed by atoms with E-state index in [9.17, 15) is 4.79 Å². The van der Waals surface area contributed by atoms with E-state index in [0.717, 1.165) is 0 Å². The lowest BCUT2D eigenvalue weighted by Gasteiger charge is -2.01. The summed E-state index contributed by atoms with van der Waals surface area (Å²) in [6, 6.07) is 5.53. The van der Waals surface area contributed by atoms with Crippen LogP contribution in [-0.2, 0) is 4.79 Å². The van der Waals surface area contributed by atoms with Gasteiger partial charge in [0.15, 0.2) is 0 Å². The molecule has 0 radical (unpaired) electrons. The second-order valence-electron chi connectivity index (χ2n) is 3.12. The maximum Gasteiger partial charge on any atom is 0.244 e. The van der Waals surface area contributed by atoms with Crippen molar-refractivity contribution >= 4 is 12.0 Å². The van der Waals surface area contributed by atoms with E-state index in [0.29, 0.717) is 12.3 Å². The van der Waals surface area contributed by atoms with Crippen LogP contribution in [0.4, 0.5) is 0 Å². The van der Waals surface area contributed by atoms with Crippen LogP contribution in [0.3, 0.4) is 0 Å². The van der Waals surface area contributed by atoms with Crippen molar-refractivity contribution in [2.24, 2.45) is 5.92 Å². The molecule has 0 aliphatic carbocycles. The maximum absolute atomic E-state index is 11.2. The lowest BCUT2D eigenvalue weighted by atomic mass is 10.2. The molecule has 0 aliphatic rings. The molecule has 0 bridgehead atoms. The van der Waals surface area contributed by atoms with Gasteiger partial charge in [0.1, 0.15) is 5.76 Å². The van der Waals surface area contributed by atoms with Gasteiger partial charge in [0.25, 0.3) is 0 Å². The molecule has 15 heavy (non-hydrogen) atoms. The van der Waals surface area contributed by atoms with E-state index in [-0.39, 0.29) is 11.8 Å². The second kappa shape index (κ2) is 5.66. The number of nitrogens with zero attached hydrogens (tertiary/aromatic N) is 1. The number of rotatable bonds is 4. The van der Waals surface area contributed by atoms with Gasteiger partial charge >= 0.3 is 0 Å². The fourth-order valence-corrected chi connectivity index (χ4v) is 0.902. The third-order valence-electron chi connectivity index (χ3n) is 1.75. The fraction of sp³-hybridized carbons (Fsp3) is 0.273. The van der Waals surface area contributed by atoms with E-state index in [2.05, 4.69) is 5.32 Å². The van der Waals surface area contributed by atoms with Gasteiger partial charge in [0.05, 0.1) is 18.3 Å². The van der Waals surface area contributed by atoms with E-state index in [1.165, 1.54) is 12.3 Å². The number of furan rings is 1. The van der Waals surface area contributed by atoms with Crippen LogP contribution in [0.1, 0.15) is 12.7 Å². The highest BCUT2D eigenvalue weighted by molar-refractivity contribution is 5.91. The molecule has 1 atom stereocenters. The molecule has 1 unspecified atom stereocenters. The van der Waals surface area contributed by atoms with Crippen LogP contribution < -0.4 is 5.32 Å². The third-order valence-corrected chi connectivity index (χ3v) is 1.75. The fourth-order valence-electron chi connectivity index (χ4n) is 0.902. The van der Waals surface area contributed by atoms with Gasteiger partial charge in [-0.25, -0.2) is 0 Å². The predicted molar refractivity (Wildman–Crippen MR) is 55.5 cm³/mol. The van der Waals surface area contributed by atoms with E-state index < -0.39 is 0 Å². The summed E-state index contributed by atoms with van der Waals surface area (Å²) in [4.78, 5) is 11.2. The summed E-state index contributed by atoms with van der Waals surface area (Å²) < 4.78 is 5.01. The summed E-state index contributed by atoms with van der Waals surface area (Å²) in [5.41, 5.74) is 0. The number of hydrogen-bond donors (Lipinski definition) is 1. The molecule has 0 aromatic carbocycles. The summed E-state index contributed by atoms with van der Waals surface area (Å²) in [7, 11) is 0. The number of nitriles is 1. The van der Waals surface area contributed by atoms with Crippen LogP contribution in [-0.4, -0.2) is 12.5 Å². The van der Waals surface area contributed by atoms with Crippen molar-refractivity contribution < 1.29 is 9.21 Å². The second-order valence-corrected chi connectivity index (χ2v) is 3.12. The minimum atomic E-state index is -0.228. The van der Waals surface area contributed by atoms with Crippen molar-refractivity contribution in [3.8, 4) is 6.07 Å². The Kier molecular flexibility index (Phi) is 4.17. The molecular formula is C11H12N2O2. The quantitative estimate of drug-likeness (QED) is 0.757. The average Bonchev–Trinajstić information content (AvgIpc) is 2.75. The Hall–Kier alpha value is -2.02. The van der Waals surface area contributed by atoms with Gasteiger partial charge < -0.3 is 9.73 Å². The van der Waals surface area contributed by atoms with E-state index in [1.54, 1.807) is 25.1 Å². The van der Waals surface area contributed by atoms with Crippen LogP contribution in [0, 0.1) is 17.2 Å². The summed E-state index contributed by atoms with van der Waals surface area (Å²) in [6.45, 7) is 2.11. The van der Waals surface area contributed by atoms with Crippen molar-refractivity contribution in [3.05, 3.63) is 30.2 Å². The lowest BCUT2D eigenvalue weighted by Crippen LogP contribution is -2.25. The molecular weight excluding hydrogens is 192 g/mol. The Morgan fingerprint density at radius 2 is 2.60 bits per heavy atom. The van der Waals surface area contributed by atoms with Gasteiger partial charge in [-0.15, -0.1) is 0 Å². The van der Waals surface area contributed by atoms with Crippen molar-refractivity contribution in [3.63, 3.8) is 0 Å². The van der Waals surface area contributed by atoms with Gasteiger partial charge in [-0.1, -0.05) is 0 Å². The number of amides is 1. The first-order valence-electron chi connectivity index (χ1n) is 4.61. The Morgan fingerprint density at radius 3 is 3.20 bits per heavy atom. The molecule has 0 spiro atoms. The molecule has 4 heteroatoms. The molecule has 0 fully saturated rings. The molecule has 0 saturated heterocycles. The molecule has 1 amide bonds. The first-order chi connectivity index (χ1) is 7.22. The first kappa shape index (κ1) is 11.1. The smallest absolute Gasteiger partial charge is 0.244 e. The minimum Gasteiger partial charge on any atom is -0.465 e. The molecule has 1 N–H and O–H groups in total. The highest BCUT2D eigenvalue weighted by Gasteiger charge is 2.00. The van der Waals surface area contributed by atoms with Gasteiger partial charge in [-0.2, -0.15) is 5.26 Å². The Morgan fingerprint density at radius 1 is 1.80 bits per heavy atom. The van der Waals surface area contributed by atoms with Crippen molar-refractivity contribution in [1.29, 1.82) is 5.26 Å². The molecule has 0 aliphatic heterocycles. The zero-order chi connectivity index (χ0) is 11.1. The normalized spacial score (nSPS) is 12.3. The SMILES string of the molecule is CC(C#N)CNC(=O)C=Cc1ccco1. The first-order valence-corrected chi connectivity index (χ1v) is 4.61. The largest absolute Gasteiger partial charge is 0.465 e. The number of carbonyl (C=O) groups is 1. The topological polar surface area (TPSA) is 66.0 Å². The van der Waals surface area contributed by atoms with Crippen molar-refractivity contribution in [2.75, 3.05) is 6.54 Å². The van der Waals surface area contributed by atoms with Gasteiger partial charge in [0.2, 0.25) is 5.91 Å². The monoisotopic (exact) mass is 204 g/mol. The van der Waals surface area contributed by atoms with Crippen molar-refractivity contribution in [2.45, 2.75) is 6.92 Å². The van der Waals surface area contributed by atoms with E-state index in [1.807, 2.05) is 6.07 Å². The summed E-state index contributed by atoms with van der Waals surface area (Å²) >= 11 is 0. The molecule has 4 nitrogen and oxygen atoms in total. The number of carbonyl (C=O) groups excluding carboxylic acids is 1. The van der Waals surface area contributed by atoms with Crippen LogP contribution >= 0.6 is 0 Å². The molecule has 1 heterocycles. The van der Waals surface area contributed by atoms with Crippen LogP contribution in [0.5, 0.6) is 0 Å². The zero-order valence-corrected chi connectivity index (χ0v) is 8.43. The van der Waals surface area contributed by atoms with Crippen molar-refractivity contribution in [1.82, 2.24) is 5.32 Å². The lowest BCUT2D eigenvalue weighted by molar-refractivity contribution is -0.116. The summed E-state index contributed by atoms with van der Waals surface area (Å²) in [5, 5.41) is 11.1. The van der Waals surface area contributed by atoms with Gasteiger partial charge in [-0.05, 0) is 25.1 Å². The standard InChI is InChI=1S/C11H12N2O2/c1-9(7-12)8-13-11(14)5-4-10-3-2-6-15-10/h2-6,9H,8H2,1H3,(H,13,14). The number of hydrogen-bond acceptors (Lipinski definition) is 3. The third kappa shape index (κ3) is 4.14. The van der Waals surface area contributed by atoms with Crippen LogP contribution in [0.2, 0.25) is 0 Å². The molecule has 1 aromatic rings. The molecule has 1 aromatic heterocycles. The predicted octanol–water partition coefficient (Wildman–Crippen LogP) is 1.57. The van der Waals surface area contributed by atoms with Gasteiger partial charge in [-0.3, -0.25) is 4.79 Å². The van der Waals surface area contributed by atoms with Crippen LogP contribution in [0.25, 0.3) is 6.08 Å². The van der Waals surface area contributed by atoms with E-state index >= 15 is 0 Å². The Balaban J connectivity index is 2.34. The summed E-state index contributed by atoms with van der Waals surface area (Å²) in [5.74, 6) is 0.220. The number of nitrogens with one attached hydrogen (secondary N) is 1. The summed E-state index contributed by atoms with van der Waals surface area (Å²) in [6.07, 6.45) is 4.49. The Labute approximate surface area is 88.2 Å². The highest BCUT2D eigenvalue weighted by atomic mass is 16.3. The van der Waals surface area contributed by atoms with E-state index in [4.69, 9.17) is 9.68 Å². The Bertz CT molecular complexity index is 374. The zero-order valence-electron chi connectivity index (χ0n) is 8.43. The highest BCUT2D eigenvalue weighted by Crippen LogP contribution is 2.01. The minimum absolute atomic E-state index is 0.175. The molecule has 78 valence electrons. The average molecular weight is 204 g/mol. The van der Waals surface area contributed by atoms with Gasteiger partial charge in [0, 0.05) is 12.6 Å². The molecule has 1 rings (SSSR count). The molecule has 0 saturated carbocycles. The maximum atomic E-state index is 11.2.